The van der Waals surface area contributed by atoms with E-state index in [0.29, 0.717) is 12.3 Å². The van der Waals surface area contributed by atoms with Gasteiger partial charge in [-0.15, -0.1) is 0 Å². The van der Waals surface area contributed by atoms with E-state index in [1.165, 1.54) is 5.56 Å². The fraction of sp³-hybridized carbons (Fsp3) is 0.360. The van der Waals surface area contributed by atoms with E-state index < -0.39 is 0 Å². The zero-order valence-corrected chi connectivity index (χ0v) is 19.8. The second-order valence-electron chi connectivity index (χ2n) is 8.40. The molecule has 1 aromatic carbocycles. The first-order valence-corrected chi connectivity index (χ1v) is 11.1. The summed E-state index contributed by atoms with van der Waals surface area (Å²) in [6.45, 7) is 15.3. The van der Waals surface area contributed by atoms with Crippen molar-refractivity contribution in [1.29, 1.82) is 0 Å². The van der Waals surface area contributed by atoms with Crippen molar-refractivity contribution in [3.8, 4) is 11.3 Å². The van der Waals surface area contributed by atoms with Gasteiger partial charge in [-0.1, -0.05) is 32.6 Å². The summed E-state index contributed by atoms with van der Waals surface area (Å²) in [5.74, 6) is 1.09. The number of amidine groups is 1. The van der Waals surface area contributed by atoms with Gasteiger partial charge >= 0.3 is 0 Å². The van der Waals surface area contributed by atoms with Gasteiger partial charge < -0.3 is 0 Å². The van der Waals surface area contributed by atoms with Crippen LogP contribution in [0.25, 0.3) is 27.9 Å². The summed E-state index contributed by atoms with van der Waals surface area (Å²) in [5.41, 5.74) is 7.42. The van der Waals surface area contributed by atoms with Crippen LogP contribution in [-0.4, -0.2) is 43.2 Å². The van der Waals surface area contributed by atoms with Gasteiger partial charge in [0, 0.05) is 54.6 Å². The van der Waals surface area contributed by atoms with Crippen molar-refractivity contribution in [3.05, 3.63) is 54.5 Å². The Morgan fingerprint density at radius 3 is 2.69 bits per heavy atom. The van der Waals surface area contributed by atoms with Gasteiger partial charge in [-0.25, -0.2) is 9.67 Å². The maximum absolute atomic E-state index is 5.13. The Morgan fingerprint density at radius 1 is 1.25 bits per heavy atom. The van der Waals surface area contributed by atoms with Crippen LogP contribution in [0.15, 0.2) is 53.3 Å². The zero-order chi connectivity index (χ0) is 23.0. The highest BCUT2D eigenvalue weighted by Crippen LogP contribution is 2.36. The summed E-state index contributed by atoms with van der Waals surface area (Å²) < 4.78 is 4.02. The topological polar surface area (TPSA) is 63.6 Å². The highest BCUT2D eigenvalue weighted by atomic mass is 15.4. The van der Waals surface area contributed by atoms with Gasteiger partial charge in [-0.3, -0.25) is 9.69 Å². The summed E-state index contributed by atoms with van der Waals surface area (Å²) in [5, 5.41) is 17.1. The third-order valence-electron chi connectivity index (χ3n) is 5.83. The van der Waals surface area contributed by atoms with Crippen LogP contribution in [-0.2, 0) is 6.54 Å². The largest absolute Gasteiger partial charge is 0.275 e. The molecule has 7 nitrogen and oxygen atoms in total. The maximum atomic E-state index is 5.13. The Kier molecular flexibility index (Phi) is 5.82. The second kappa shape index (κ2) is 8.57. The number of benzene rings is 1. The van der Waals surface area contributed by atoms with Crippen molar-refractivity contribution in [1.82, 2.24) is 24.6 Å². The second-order valence-corrected chi connectivity index (χ2v) is 8.40. The van der Waals surface area contributed by atoms with E-state index in [0.717, 1.165) is 51.6 Å². The van der Waals surface area contributed by atoms with Crippen LogP contribution in [0.1, 0.15) is 51.3 Å². The van der Waals surface area contributed by atoms with E-state index in [1.807, 2.05) is 23.3 Å². The number of nitrogens with zero attached hydrogens (tertiary/aromatic N) is 7. The molecule has 0 N–H and O–H groups in total. The van der Waals surface area contributed by atoms with Gasteiger partial charge in [0.2, 0.25) is 0 Å². The van der Waals surface area contributed by atoms with Gasteiger partial charge in [-0.05, 0) is 38.8 Å². The van der Waals surface area contributed by atoms with Crippen molar-refractivity contribution < 1.29 is 0 Å². The van der Waals surface area contributed by atoms with Crippen molar-refractivity contribution in [2.24, 2.45) is 10.1 Å². The monoisotopic (exact) mass is 429 g/mol. The highest BCUT2D eigenvalue weighted by Gasteiger charge is 2.24. The predicted molar refractivity (Wildman–Crippen MR) is 133 cm³/mol. The molecule has 1 aliphatic heterocycles. The van der Waals surface area contributed by atoms with Crippen LogP contribution < -0.4 is 0 Å². The average molecular weight is 430 g/mol. The molecule has 0 atom stereocenters. The molecule has 166 valence electrons. The Balaban J connectivity index is 1.84. The Labute approximate surface area is 189 Å². The molecule has 3 aromatic rings. The first kappa shape index (κ1) is 21.7. The Hall–Kier alpha value is -3.48. The number of rotatable bonds is 6. The van der Waals surface area contributed by atoms with Crippen LogP contribution in [0.4, 0.5) is 0 Å². The predicted octanol–water partition coefficient (Wildman–Crippen LogP) is 5.45. The molecule has 0 spiro atoms. The SMILES string of the molecule is C=CN(C)/N=C1\CC=C(n2nc(-c3cccc4nn(CC)cc34)c(C(C)C)c2C)C(C)=N1. The highest BCUT2D eigenvalue weighted by molar-refractivity contribution is 6.23. The molecule has 1 aliphatic rings. The number of dihydropyridines is 1. The molecule has 0 aliphatic carbocycles. The Bertz CT molecular complexity index is 1270. The molecule has 0 unspecified atom stereocenters. The minimum atomic E-state index is 0.329. The normalized spacial score (nSPS) is 15.4. The molecule has 7 heteroatoms. The lowest BCUT2D eigenvalue weighted by Crippen LogP contribution is -2.17. The molecular weight excluding hydrogens is 398 g/mol. The number of fused-ring (bicyclic) bond motifs is 1. The van der Waals surface area contributed by atoms with Crippen LogP contribution in [0, 0.1) is 6.92 Å². The fourth-order valence-electron chi connectivity index (χ4n) is 4.26. The van der Waals surface area contributed by atoms with Crippen molar-refractivity contribution >= 4 is 28.1 Å². The lowest BCUT2D eigenvalue weighted by Gasteiger charge is -2.16. The molecule has 3 heterocycles. The zero-order valence-electron chi connectivity index (χ0n) is 19.8. The van der Waals surface area contributed by atoms with Crippen LogP contribution in [0.5, 0.6) is 0 Å². The van der Waals surface area contributed by atoms with Crippen LogP contribution in [0.2, 0.25) is 0 Å². The lowest BCUT2D eigenvalue weighted by molar-refractivity contribution is 0.490. The molecule has 32 heavy (non-hydrogen) atoms. The molecule has 0 saturated carbocycles. The summed E-state index contributed by atoms with van der Waals surface area (Å²) in [6.07, 6.45) is 6.59. The van der Waals surface area contributed by atoms with E-state index >= 15 is 0 Å². The number of aryl methyl sites for hydroxylation is 1. The van der Waals surface area contributed by atoms with E-state index in [9.17, 15) is 0 Å². The molecule has 0 fully saturated rings. The quantitative estimate of drug-likeness (QED) is 0.490. The van der Waals surface area contributed by atoms with E-state index in [1.54, 1.807) is 11.2 Å². The summed E-state index contributed by atoms with van der Waals surface area (Å²) >= 11 is 0. The molecule has 0 amide bonds. The van der Waals surface area contributed by atoms with E-state index in [4.69, 9.17) is 10.1 Å². The lowest BCUT2D eigenvalue weighted by atomic mass is 9.95. The van der Waals surface area contributed by atoms with Crippen molar-refractivity contribution in [2.75, 3.05) is 7.05 Å². The van der Waals surface area contributed by atoms with Gasteiger partial charge in [-0.2, -0.15) is 15.3 Å². The number of allylic oxidation sites excluding steroid dienone is 1. The molecule has 0 radical (unpaired) electrons. The Morgan fingerprint density at radius 2 is 2.03 bits per heavy atom. The van der Waals surface area contributed by atoms with Crippen LogP contribution >= 0.6 is 0 Å². The first-order valence-electron chi connectivity index (χ1n) is 11.1. The molecule has 2 aromatic heterocycles. The number of aliphatic imine (C=N–C) groups is 1. The minimum absolute atomic E-state index is 0.329. The molecule has 4 rings (SSSR count). The minimum Gasteiger partial charge on any atom is -0.275 e. The number of hydrazone groups is 1. The molecule has 0 saturated heterocycles. The van der Waals surface area contributed by atoms with Crippen molar-refractivity contribution in [3.63, 3.8) is 0 Å². The number of hydrogen-bond donors (Lipinski definition) is 0. The summed E-state index contributed by atoms with van der Waals surface area (Å²) in [6, 6.07) is 6.27. The molecule has 0 bridgehead atoms. The standard InChI is InChI=1S/C25H31N7/c1-8-30(7)28-23-14-13-22(17(5)26-23)32-18(6)24(16(3)4)25(29-32)19-11-10-12-21-20(19)15-31(9-2)27-21/h8,10-13,15-16H,1,9,14H2,2-7H3/b28-23+. The van der Waals surface area contributed by atoms with Gasteiger partial charge in [0.1, 0.15) is 0 Å². The third kappa shape index (κ3) is 3.79. The van der Waals surface area contributed by atoms with Crippen LogP contribution in [0.3, 0.4) is 0 Å². The smallest absolute Gasteiger partial charge is 0.152 e. The van der Waals surface area contributed by atoms with Gasteiger partial charge in [0.15, 0.2) is 5.84 Å². The maximum Gasteiger partial charge on any atom is 0.152 e. The fourth-order valence-corrected chi connectivity index (χ4v) is 4.26. The van der Waals surface area contributed by atoms with Gasteiger partial charge in [0.05, 0.1) is 22.6 Å². The number of aromatic nitrogens is 4. The summed E-state index contributed by atoms with van der Waals surface area (Å²) in [4.78, 5) is 4.72. The number of hydrogen-bond acceptors (Lipinski definition) is 4. The first-order chi connectivity index (χ1) is 15.3. The third-order valence-corrected chi connectivity index (χ3v) is 5.83. The summed E-state index contributed by atoms with van der Waals surface area (Å²) in [7, 11) is 1.85. The van der Waals surface area contributed by atoms with E-state index in [2.05, 4.69) is 74.9 Å². The van der Waals surface area contributed by atoms with Crippen molar-refractivity contribution in [2.45, 2.75) is 53.5 Å². The van der Waals surface area contributed by atoms with E-state index in [-0.39, 0.29) is 0 Å². The average Bonchev–Trinajstić information content (AvgIpc) is 3.34. The molecular formula is C25H31N7. The van der Waals surface area contributed by atoms with Gasteiger partial charge in [0.25, 0.3) is 0 Å².